The van der Waals surface area contributed by atoms with E-state index < -0.39 is 11.9 Å². The first-order valence-corrected chi connectivity index (χ1v) is 11.8. The summed E-state index contributed by atoms with van der Waals surface area (Å²) in [5, 5.41) is 0. The molecule has 6 rings (SSSR count). The van der Waals surface area contributed by atoms with Gasteiger partial charge in [-0.25, -0.2) is 0 Å². The molecule has 0 N–H and O–H groups in total. The molecule has 0 radical (unpaired) electrons. The fourth-order valence-corrected chi connectivity index (χ4v) is 4.49. The van der Waals surface area contributed by atoms with E-state index in [1.54, 1.807) is 24.3 Å². The molecule has 4 aromatic rings. The Morgan fingerprint density at radius 2 is 0.972 bits per heavy atom. The lowest BCUT2D eigenvalue weighted by Gasteiger charge is -2.22. The lowest BCUT2D eigenvalue weighted by Crippen LogP contribution is -2.16. The summed E-state index contributed by atoms with van der Waals surface area (Å²) < 4.78 is 23.1. The second kappa shape index (κ2) is 9.23. The number of hydrogen-bond acceptors (Lipinski definition) is 6. The van der Waals surface area contributed by atoms with Crippen LogP contribution in [0.15, 0.2) is 84.9 Å². The van der Waals surface area contributed by atoms with Crippen LogP contribution in [0.1, 0.15) is 35.1 Å². The topological polar surface area (TPSA) is 71.1 Å². The zero-order chi connectivity index (χ0) is 24.5. The van der Waals surface area contributed by atoms with E-state index in [4.69, 9.17) is 18.9 Å². The van der Waals surface area contributed by atoms with E-state index in [1.807, 2.05) is 60.7 Å². The van der Waals surface area contributed by atoms with Crippen LogP contribution in [-0.2, 0) is 22.4 Å². The van der Waals surface area contributed by atoms with Crippen LogP contribution in [0.2, 0.25) is 0 Å². The Kier molecular flexibility index (Phi) is 5.62. The van der Waals surface area contributed by atoms with Crippen molar-refractivity contribution in [2.75, 3.05) is 0 Å². The largest absolute Gasteiger partial charge is 0.457 e. The summed E-state index contributed by atoms with van der Waals surface area (Å²) in [6.45, 7) is 0. The van der Waals surface area contributed by atoms with Crippen molar-refractivity contribution >= 4 is 11.9 Å². The van der Waals surface area contributed by atoms with Crippen LogP contribution in [0.25, 0.3) is 0 Å². The molecule has 36 heavy (non-hydrogen) atoms. The molecule has 0 spiro atoms. The Labute approximate surface area is 208 Å². The summed E-state index contributed by atoms with van der Waals surface area (Å²) in [5.74, 6) is 2.79. The lowest BCUT2D eigenvalue weighted by atomic mass is 9.99. The number of ether oxygens (including phenoxy) is 4. The molecule has 2 aliphatic heterocycles. The predicted octanol–water partition coefficient (Wildman–Crippen LogP) is 6.37. The molecule has 6 nitrogen and oxygen atoms in total. The van der Waals surface area contributed by atoms with Gasteiger partial charge in [0.05, 0.1) is 12.8 Å². The minimum Gasteiger partial charge on any atom is -0.457 e. The summed E-state index contributed by atoms with van der Waals surface area (Å²) in [6, 6.07) is 26.3. The number of fused-ring (bicyclic) bond motifs is 4. The van der Waals surface area contributed by atoms with Crippen molar-refractivity contribution in [3.63, 3.8) is 0 Å². The van der Waals surface area contributed by atoms with Gasteiger partial charge >= 0.3 is 11.9 Å². The Bertz CT molecular complexity index is 1380. The van der Waals surface area contributed by atoms with Gasteiger partial charge in [0.15, 0.2) is 0 Å². The molecule has 0 saturated heterocycles. The molecule has 0 saturated carbocycles. The van der Waals surface area contributed by atoms with Crippen LogP contribution < -0.4 is 18.9 Å². The first kappa shape index (κ1) is 21.9. The maximum absolute atomic E-state index is 12.6. The zero-order valence-electron chi connectivity index (χ0n) is 19.4. The number of hydrogen-bond donors (Lipinski definition) is 0. The summed E-state index contributed by atoms with van der Waals surface area (Å²) in [4.78, 5) is 25.2. The molecule has 0 amide bonds. The van der Waals surface area contributed by atoms with Crippen LogP contribution in [0.5, 0.6) is 34.5 Å². The van der Waals surface area contributed by atoms with Crippen molar-refractivity contribution in [3.05, 3.63) is 107 Å². The van der Waals surface area contributed by atoms with E-state index in [-0.39, 0.29) is 12.8 Å². The van der Waals surface area contributed by atoms with Crippen molar-refractivity contribution in [3.8, 4) is 34.5 Å². The third-order valence-electron chi connectivity index (χ3n) is 6.28. The maximum atomic E-state index is 12.6. The summed E-state index contributed by atoms with van der Waals surface area (Å²) in [7, 11) is 0. The van der Waals surface area contributed by atoms with Crippen LogP contribution in [0.4, 0.5) is 0 Å². The molecule has 0 bridgehead atoms. The molecular weight excluding hydrogens is 456 g/mol. The third-order valence-corrected chi connectivity index (χ3v) is 6.28. The van der Waals surface area contributed by atoms with Crippen LogP contribution in [0, 0.1) is 0 Å². The van der Waals surface area contributed by atoms with E-state index in [9.17, 15) is 9.59 Å². The Morgan fingerprint density at radius 3 is 1.44 bits per heavy atom. The normalized spacial score (nSPS) is 12.6. The highest BCUT2D eigenvalue weighted by atomic mass is 16.5. The molecule has 178 valence electrons. The van der Waals surface area contributed by atoms with Gasteiger partial charge in [0.2, 0.25) is 0 Å². The van der Waals surface area contributed by atoms with Crippen LogP contribution in [0.3, 0.4) is 0 Å². The molecule has 0 atom stereocenters. The van der Waals surface area contributed by atoms with Gasteiger partial charge in [-0.2, -0.15) is 0 Å². The van der Waals surface area contributed by atoms with E-state index in [0.29, 0.717) is 35.8 Å². The van der Waals surface area contributed by atoms with E-state index in [2.05, 4.69) is 0 Å². The molecule has 4 aromatic carbocycles. The fourth-order valence-electron chi connectivity index (χ4n) is 4.49. The average molecular weight is 479 g/mol. The number of benzene rings is 4. The number of rotatable bonds is 5. The average Bonchev–Trinajstić information content (AvgIpc) is 2.90. The minimum atomic E-state index is -0.508. The SMILES string of the molecule is O=C(CCC(=O)Oc1cccc2c1Cc1ccccc1O2)Oc1cccc2c1Cc1ccccc1O2. The van der Waals surface area contributed by atoms with Crippen LogP contribution in [-0.4, -0.2) is 11.9 Å². The molecule has 2 aliphatic rings. The number of esters is 2. The minimum absolute atomic E-state index is 0.103. The molecule has 0 unspecified atom stereocenters. The molecule has 0 aliphatic carbocycles. The highest BCUT2D eigenvalue weighted by Crippen LogP contribution is 2.42. The predicted molar refractivity (Wildman–Crippen MR) is 132 cm³/mol. The Morgan fingerprint density at radius 1 is 0.556 bits per heavy atom. The first-order valence-electron chi connectivity index (χ1n) is 11.8. The standard InChI is InChI=1S/C30H22O6/c31-29(35-27-13-5-11-25-21(27)17-19-7-1-3-9-23(19)33-25)15-16-30(32)36-28-14-6-12-26-22(28)18-20-8-2-4-10-24(20)34-26/h1-14H,15-18H2. The van der Waals surface area contributed by atoms with Gasteiger partial charge < -0.3 is 18.9 Å². The third kappa shape index (κ3) is 4.29. The van der Waals surface area contributed by atoms with Crippen molar-refractivity contribution in [1.29, 1.82) is 0 Å². The number of para-hydroxylation sites is 2. The Balaban J connectivity index is 1.09. The van der Waals surface area contributed by atoms with Crippen molar-refractivity contribution in [2.45, 2.75) is 25.7 Å². The molecule has 6 heteroatoms. The van der Waals surface area contributed by atoms with Gasteiger partial charge in [0, 0.05) is 24.0 Å². The van der Waals surface area contributed by atoms with Gasteiger partial charge in [-0.3, -0.25) is 9.59 Å². The highest BCUT2D eigenvalue weighted by molar-refractivity contribution is 5.81. The molecular formula is C30H22O6. The second-order valence-electron chi connectivity index (χ2n) is 8.69. The van der Waals surface area contributed by atoms with Crippen molar-refractivity contribution < 1.29 is 28.5 Å². The van der Waals surface area contributed by atoms with Gasteiger partial charge in [-0.15, -0.1) is 0 Å². The zero-order valence-corrected chi connectivity index (χ0v) is 19.4. The van der Waals surface area contributed by atoms with Gasteiger partial charge in [0.1, 0.15) is 34.5 Å². The summed E-state index contributed by atoms with van der Waals surface area (Å²) >= 11 is 0. The summed E-state index contributed by atoms with van der Waals surface area (Å²) in [6.07, 6.45) is 0.991. The van der Waals surface area contributed by atoms with E-state index in [1.165, 1.54) is 0 Å². The fraction of sp³-hybridized carbons (Fsp3) is 0.133. The van der Waals surface area contributed by atoms with Crippen molar-refractivity contribution in [1.82, 2.24) is 0 Å². The maximum Gasteiger partial charge on any atom is 0.311 e. The number of carbonyl (C=O) groups excluding carboxylic acids is 2. The van der Waals surface area contributed by atoms with Gasteiger partial charge in [-0.1, -0.05) is 48.5 Å². The quantitative estimate of drug-likeness (QED) is 0.212. The van der Waals surface area contributed by atoms with Crippen LogP contribution >= 0.6 is 0 Å². The van der Waals surface area contributed by atoms with Crippen molar-refractivity contribution in [2.24, 2.45) is 0 Å². The molecule has 2 heterocycles. The number of carbonyl (C=O) groups is 2. The summed E-state index contributed by atoms with van der Waals surface area (Å²) in [5.41, 5.74) is 3.66. The van der Waals surface area contributed by atoms with E-state index in [0.717, 1.165) is 33.8 Å². The highest BCUT2D eigenvalue weighted by Gasteiger charge is 2.23. The van der Waals surface area contributed by atoms with Gasteiger partial charge in [0.25, 0.3) is 0 Å². The van der Waals surface area contributed by atoms with Gasteiger partial charge in [-0.05, 0) is 47.5 Å². The smallest absolute Gasteiger partial charge is 0.311 e. The lowest BCUT2D eigenvalue weighted by molar-refractivity contribution is -0.140. The second-order valence-corrected chi connectivity index (χ2v) is 8.69. The molecule has 0 fully saturated rings. The monoisotopic (exact) mass is 478 g/mol. The van der Waals surface area contributed by atoms with E-state index >= 15 is 0 Å². The first-order chi connectivity index (χ1) is 17.6. The Hall–Kier alpha value is -4.58. The molecule has 0 aromatic heterocycles.